The summed E-state index contributed by atoms with van der Waals surface area (Å²) in [6.45, 7) is 4.24. The number of nitrogens with zero attached hydrogens (tertiary/aromatic N) is 1. The second-order valence-corrected chi connectivity index (χ2v) is 7.43. The minimum Gasteiger partial charge on any atom is -0.493 e. The van der Waals surface area contributed by atoms with Crippen molar-refractivity contribution in [2.45, 2.75) is 6.54 Å². The first kappa shape index (κ1) is 19.7. The van der Waals surface area contributed by atoms with Crippen LogP contribution < -0.4 is 14.8 Å². The molecule has 0 aliphatic heterocycles. The van der Waals surface area contributed by atoms with Gasteiger partial charge < -0.3 is 19.2 Å². The van der Waals surface area contributed by atoms with Gasteiger partial charge in [-0.05, 0) is 42.5 Å². The molecule has 0 saturated heterocycles. The molecule has 4 rings (SSSR count). The van der Waals surface area contributed by atoms with Gasteiger partial charge in [0.2, 0.25) is 0 Å². The number of hydrogen-bond acceptors (Lipinski definition) is 6. The predicted molar refractivity (Wildman–Crippen MR) is 117 cm³/mol. The summed E-state index contributed by atoms with van der Waals surface area (Å²) in [7, 11) is 1.53. The van der Waals surface area contributed by atoms with Crippen LogP contribution in [-0.2, 0) is 6.54 Å². The molecule has 6 nitrogen and oxygen atoms in total. The van der Waals surface area contributed by atoms with Crippen molar-refractivity contribution in [3.8, 4) is 22.3 Å². The van der Waals surface area contributed by atoms with Crippen LogP contribution >= 0.6 is 11.3 Å². The normalized spacial score (nSPS) is 10.7. The molecule has 1 N–H and O–H groups in total. The Balaban J connectivity index is 1.42. The van der Waals surface area contributed by atoms with E-state index in [0.29, 0.717) is 35.2 Å². The summed E-state index contributed by atoms with van der Waals surface area (Å²) in [5.74, 6) is 2.14. The van der Waals surface area contributed by atoms with Gasteiger partial charge in [-0.15, -0.1) is 11.3 Å². The lowest BCUT2D eigenvalue weighted by Gasteiger charge is -2.11. The van der Waals surface area contributed by atoms with E-state index < -0.39 is 0 Å². The fourth-order valence-corrected chi connectivity index (χ4v) is 3.84. The third-order valence-electron chi connectivity index (χ3n) is 4.37. The number of hydrogen-bond donors (Lipinski definition) is 1. The molecule has 0 bridgehead atoms. The Hall–Kier alpha value is -3.58. The number of thiazole rings is 1. The molecular formula is C23H20N2O4S. The number of rotatable bonds is 8. The van der Waals surface area contributed by atoms with Gasteiger partial charge in [0.05, 0.1) is 23.9 Å². The Kier molecular flexibility index (Phi) is 5.81. The number of carbonyl (C=O) groups excluding carboxylic acids is 1. The van der Waals surface area contributed by atoms with Crippen LogP contribution in [0.25, 0.3) is 21.0 Å². The summed E-state index contributed by atoms with van der Waals surface area (Å²) in [6, 6.07) is 16.7. The number of carbonyl (C=O) groups is 1. The van der Waals surface area contributed by atoms with E-state index in [-0.39, 0.29) is 12.5 Å². The highest BCUT2D eigenvalue weighted by molar-refractivity contribution is 7.21. The predicted octanol–water partition coefficient (Wildman–Crippen LogP) is 5.06. The maximum atomic E-state index is 12.5. The SMILES string of the molecule is C=CCOc1ccc(C(=O)NCc2ccc(-c3nc4ccccc4s3)o2)cc1OC. The third-order valence-corrected chi connectivity index (χ3v) is 5.42. The van der Waals surface area contributed by atoms with Crippen molar-refractivity contribution in [1.29, 1.82) is 0 Å². The summed E-state index contributed by atoms with van der Waals surface area (Å²) < 4.78 is 17.8. The van der Waals surface area contributed by atoms with Gasteiger partial charge >= 0.3 is 0 Å². The zero-order valence-corrected chi connectivity index (χ0v) is 17.2. The van der Waals surface area contributed by atoms with Crippen LogP contribution in [0.15, 0.2) is 71.7 Å². The second kappa shape index (κ2) is 8.84. The van der Waals surface area contributed by atoms with Gasteiger partial charge in [0.25, 0.3) is 5.91 Å². The zero-order valence-electron chi connectivity index (χ0n) is 16.4. The Labute approximate surface area is 177 Å². The number of fused-ring (bicyclic) bond motifs is 1. The first-order valence-electron chi connectivity index (χ1n) is 9.32. The van der Waals surface area contributed by atoms with Crippen molar-refractivity contribution in [3.63, 3.8) is 0 Å². The molecule has 0 saturated carbocycles. The number of methoxy groups -OCH3 is 1. The largest absolute Gasteiger partial charge is 0.493 e. The molecule has 2 heterocycles. The lowest BCUT2D eigenvalue weighted by atomic mass is 10.2. The smallest absolute Gasteiger partial charge is 0.251 e. The van der Waals surface area contributed by atoms with Crippen molar-refractivity contribution in [2.75, 3.05) is 13.7 Å². The van der Waals surface area contributed by atoms with Crippen molar-refractivity contribution in [2.24, 2.45) is 0 Å². The van der Waals surface area contributed by atoms with Crippen molar-refractivity contribution in [1.82, 2.24) is 10.3 Å². The first-order valence-corrected chi connectivity index (χ1v) is 10.1. The van der Waals surface area contributed by atoms with Crippen LogP contribution in [0.5, 0.6) is 11.5 Å². The molecule has 7 heteroatoms. The van der Waals surface area contributed by atoms with E-state index in [1.165, 1.54) is 7.11 Å². The van der Waals surface area contributed by atoms with Gasteiger partial charge in [-0.25, -0.2) is 4.98 Å². The summed E-state index contributed by atoms with van der Waals surface area (Å²) in [5, 5.41) is 3.67. The topological polar surface area (TPSA) is 73.6 Å². The van der Waals surface area contributed by atoms with Gasteiger partial charge in [-0.2, -0.15) is 0 Å². The number of ether oxygens (including phenoxy) is 2. The minimum absolute atomic E-state index is 0.235. The van der Waals surface area contributed by atoms with Crippen molar-refractivity contribution in [3.05, 3.63) is 78.6 Å². The lowest BCUT2D eigenvalue weighted by molar-refractivity contribution is 0.0947. The summed E-state index contributed by atoms with van der Waals surface area (Å²) in [4.78, 5) is 17.1. The minimum atomic E-state index is -0.235. The molecule has 1 amide bonds. The Morgan fingerprint density at radius 1 is 1.20 bits per heavy atom. The third kappa shape index (κ3) is 4.21. The highest BCUT2D eigenvalue weighted by Gasteiger charge is 2.13. The molecular weight excluding hydrogens is 400 g/mol. The molecule has 0 aliphatic rings. The van der Waals surface area contributed by atoms with Crippen LogP contribution in [0, 0.1) is 0 Å². The number of para-hydroxylation sites is 1. The van der Waals surface area contributed by atoms with Gasteiger partial charge in [-0.1, -0.05) is 24.8 Å². The standard InChI is InChI=1S/C23H20N2O4S/c1-3-12-28-18-10-8-15(13-20(18)27-2)22(26)24-14-16-9-11-19(29-16)23-25-17-6-4-5-7-21(17)30-23/h3-11,13H,1,12,14H2,2H3,(H,24,26). The molecule has 0 atom stereocenters. The average molecular weight is 420 g/mol. The van der Waals surface area contributed by atoms with Crippen LogP contribution in [0.1, 0.15) is 16.1 Å². The Bertz CT molecular complexity index is 1160. The van der Waals surface area contributed by atoms with Gasteiger partial charge in [-0.3, -0.25) is 4.79 Å². The van der Waals surface area contributed by atoms with Gasteiger partial charge in [0.1, 0.15) is 12.4 Å². The number of furan rings is 1. The molecule has 2 aromatic heterocycles. The first-order chi connectivity index (χ1) is 14.7. The van der Waals surface area contributed by atoms with Crippen LogP contribution in [0.3, 0.4) is 0 Å². The van der Waals surface area contributed by atoms with E-state index in [1.807, 2.05) is 36.4 Å². The van der Waals surface area contributed by atoms with Crippen LogP contribution in [0.2, 0.25) is 0 Å². The molecule has 152 valence electrons. The van der Waals surface area contributed by atoms with E-state index in [2.05, 4.69) is 16.9 Å². The molecule has 4 aromatic rings. The fraction of sp³-hybridized carbons (Fsp3) is 0.130. The summed E-state index contributed by atoms with van der Waals surface area (Å²) in [5.41, 5.74) is 1.41. The zero-order chi connectivity index (χ0) is 20.9. The van der Waals surface area contributed by atoms with Crippen molar-refractivity contribution >= 4 is 27.5 Å². The Morgan fingerprint density at radius 3 is 2.87 bits per heavy atom. The number of amides is 1. The van der Waals surface area contributed by atoms with Crippen molar-refractivity contribution < 1.29 is 18.7 Å². The molecule has 0 aliphatic carbocycles. The number of aromatic nitrogens is 1. The molecule has 0 fully saturated rings. The van der Waals surface area contributed by atoms with E-state index in [0.717, 1.165) is 15.2 Å². The molecule has 0 spiro atoms. The number of benzene rings is 2. The van der Waals surface area contributed by atoms with Crippen LogP contribution in [0.4, 0.5) is 0 Å². The number of nitrogens with one attached hydrogen (secondary N) is 1. The quantitative estimate of drug-likeness (QED) is 0.403. The van der Waals surface area contributed by atoms with E-state index in [1.54, 1.807) is 35.6 Å². The second-order valence-electron chi connectivity index (χ2n) is 6.40. The van der Waals surface area contributed by atoms with Gasteiger partial charge in [0.15, 0.2) is 22.3 Å². The highest BCUT2D eigenvalue weighted by atomic mass is 32.1. The fourth-order valence-electron chi connectivity index (χ4n) is 2.91. The van der Waals surface area contributed by atoms with E-state index in [4.69, 9.17) is 13.9 Å². The summed E-state index contributed by atoms with van der Waals surface area (Å²) in [6.07, 6.45) is 1.64. The molecule has 2 aromatic carbocycles. The molecule has 30 heavy (non-hydrogen) atoms. The van der Waals surface area contributed by atoms with E-state index >= 15 is 0 Å². The van der Waals surface area contributed by atoms with Gasteiger partial charge in [0, 0.05) is 5.56 Å². The molecule has 0 radical (unpaired) electrons. The summed E-state index contributed by atoms with van der Waals surface area (Å²) >= 11 is 1.57. The maximum absolute atomic E-state index is 12.5. The Morgan fingerprint density at radius 2 is 2.07 bits per heavy atom. The average Bonchev–Trinajstić information content (AvgIpc) is 3.42. The monoisotopic (exact) mass is 420 g/mol. The van der Waals surface area contributed by atoms with Crippen LogP contribution in [-0.4, -0.2) is 24.6 Å². The highest BCUT2D eigenvalue weighted by Crippen LogP contribution is 2.31. The molecule has 0 unspecified atom stereocenters. The van der Waals surface area contributed by atoms with E-state index in [9.17, 15) is 4.79 Å². The lowest BCUT2D eigenvalue weighted by Crippen LogP contribution is -2.22. The maximum Gasteiger partial charge on any atom is 0.251 e.